The molecule has 2 aromatic rings. The molecule has 1 amide bonds. The molecule has 0 radical (unpaired) electrons. The van der Waals surface area contributed by atoms with E-state index in [1.165, 1.54) is 0 Å². The summed E-state index contributed by atoms with van der Waals surface area (Å²) >= 11 is 6.01. The zero-order valence-electron chi connectivity index (χ0n) is 10.5. The number of carbonyl (C=O) groups is 1. The number of nitrogens with one attached hydrogen (secondary N) is 1. The van der Waals surface area contributed by atoms with Crippen molar-refractivity contribution >= 4 is 23.2 Å². The first kappa shape index (κ1) is 13.4. The van der Waals surface area contributed by atoms with Crippen molar-refractivity contribution in [3.63, 3.8) is 0 Å². The van der Waals surface area contributed by atoms with Gasteiger partial charge in [-0.15, -0.1) is 0 Å². The smallest absolute Gasteiger partial charge is 0.228 e. The highest BCUT2D eigenvalue weighted by molar-refractivity contribution is 6.31. The van der Waals surface area contributed by atoms with Gasteiger partial charge in [0.15, 0.2) is 0 Å². The first-order valence-corrected chi connectivity index (χ1v) is 6.27. The minimum Gasteiger partial charge on any atom is -0.508 e. The summed E-state index contributed by atoms with van der Waals surface area (Å²) in [4.78, 5) is 11.9. The molecule has 0 saturated carbocycles. The molecular formula is C15H14ClNO2. The van der Waals surface area contributed by atoms with Gasteiger partial charge >= 0.3 is 0 Å². The minimum absolute atomic E-state index is 0.163. The SMILES string of the molecule is Cc1c(O)cccc1NC(=O)Cc1ccccc1Cl. The van der Waals surface area contributed by atoms with Gasteiger partial charge in [0.05, 0.1) is 6.42 Å². The Balaban J connectivity index is 2.10. The lowest BCUT2D eigenvalue weighted by atomic mass is 10.1. The van der Waals surface area contributed by atoms with Crippen molar-refractivity contribution in [1.82, 2.24) is 0 Å². The van der Waals surface area contributed by atoms with Gasteiger partial charge in [-0.05, 0) is 30.7 Å². The Morgan fingerprint density at radius 3 is 2.68 bits per heavy atom. The summed E-state index contributed by atoms with van der Waals surface area (Å²) in [6.45, 7) is 1.75. The van der Waals surface area contributed by atoms with E-state index in [0.29, 0.717) is 16.3 Å². The number of benzene rings is 2. The number of amides is 1. The van der Waals surface area contributed by atoms with Crippen LogP contribution in [0, 0.1) is 6.92 Å². The summed E-state index contributed by atoms with van der Waals surface area (Å²) < 4.78 is 0. The van der Waals surface area contributed by atoms with E-state index < -0.39 is 0 Å². The lowest BCUT2D eigenvalue weighted by molar-refractivity contribution is -0.115. The third-order valence-electron chi connectivity index (χ3n) is 2.89. The van der Waals surface area contributed by atoms with E-state index in [2.05, 4.69) is 5.32 Å². The van der Waals surface area contributed by atoms with Crippen molar-refractivity contribution in [2.24, 2.45) is 0 Å². The van der Waals surface area contributed by atoms with E-state index in [4.69, 9.17) is 11.6 Å². The Morgan fingerprint density at radius 1 is 1.21 bits per heavy atom. The normalized spacial score (nSPS) is 10.2. The van der Waals surface area contributed by atoms with Crippen LogP contribution in [0.5, 0.6) is 5.75 Å². The van der Waals surface area contributed by atoms with Crippen LogP contribution in [-0.2, 0) is 11.2 Å². The number of aromatic hydroxyl groups is 1. The molecule has 4 heteroatoms. The summed E-state index contributed by atoms with van der Waals surface area (Å²) in [7, 11) is 0. The number of hydrogen-bond acceptors (Lipinski definition) is 2. The number of phenols is 1. The third-order valence-corrected chi connectivity index (χ3v) is 3.26. The second kappa shape index (κ2) is 5.76. The van der Waals surface area contributed by atoms with E-state index in [9.17, 15) is 9.90 Å². The lowest BCUT2D eigenvalue weighted by Crippen LogP contribution is -2.15. The van der Waals surface area contributed by atoms with Gasteiger partial charge in [-0.2, -0.15) is 0 Å². The highest BCUT2D eigenvalue weighted by Crippen LogP contribution is 2.24. The third kappa shape index (κ3) is 3.26. The van der Waals surface area contributed by atoms with Gasteiger partial charge in [-0.3, -0.25) is 4.79 Å². The van der Waals surface area contributed by atoms with Crippen molar-refractivity contribution in [3.05, 3.63) is 58.6 Å². The topological polar surface area (TPSA) is 49.3 Å². The summed E-state index contributed by atoms with van der Waals surface area (Å²) in [5.41, 5.74) is 2.03. The average Bonchev–Trinajstić information content (AvgIpc) is 2.38. The monoisotopic (exact) mass is 275 g/mol. The van der Waals surface area contributed by atoms with Gasteiger partial charge < -0.3 is 10.4 Å². The quantitative estimate of drug-likeness (QED) is 0.900. The van der Waals surface area contributed by atoms with E-state index in [1.54, 1.807) is 31.2 Å². The van der Waals surface area contributed by atoms with Crippen LogP contribution in [0.4, 0.5) is 5.69 Å². The largest absolute Gasteiger partial charge is 0.508 e. The maximum Gasteiger partial charge on any atom is 0.228 e. The van der Waals surface area contributed by atoms with Gasteiger partial charge in [0, 0.05) is 16.3 Å². The predicted octanol–water partition coefficient (Wildman–Crippen LogP) is 3.54. The molecule has 0 atom stereocenters. The highest BCUT2D eigenvalue weighted by atomic mass is 35.5. The summed E-state index contributed by atoms with van der Waals surface area (Å²) in [5, 5.41) is 12.9. The molecule has 19 heavy (non-hydrogen) atoms. The van der Waals surface area contributed by atoms with Crippen molar-refractivity contribution in [2.45, 2.75) is 13.3 Å². The molecule has 0 fully saturated rings. The zero-order chi connectivity index (χ0) is 13.8. The van der Waals surface area contributed by atoms with E-state index >= 15 is 0 Å². The fraction of sp³-hybridized carbons (Fsp3) is 0.133. The van der Waals surface area contributed by atoms with E-state index in [-0.39, 0.29) is 18.1 Å². The van der Waals surface area contributed by atoms with Crippen molar-refractivity contribution in [1.29, 1.82) is 0 Å². The van der Waals surface area contributed by atoms with Gasteiger partial charge in [0.25, 0.3) is 0 Å². The molecule has 0 saturated heterocycles. The molecule has 2 aromatic carbocycles. The first-order chi connectivity index (χ1) is 9.08. The molecular weight excluding hydrogens is 262 g/mol. The molecule has 98 valence electrons. The number of rotatable bonds is 3. The van der Waals surface area contributed by atoms with Crippen LogP contribution >= 0.6 is 11.6 Å². The van der Waals surface area contributed by atoms with Crippen molar-refractivity contribution < 1.29 is 9.90 Å². The number of halogens is 1. The number of phenolic OH excluding ortho intramolecular Hbond substituents is 1. The van der Waals surface area contributed by atoms with Crippen LogP contribution in [-0.4, -0.2) is 11.0 Å². The second-order valence-electron chi connectivity index (χ2n) is 4.27. The average molecular weight is 276 g/mol. The second-order valence-corrected chi connectivity index (χ2v) is 4.67. The molecule has 0 spiro atoms. The van der Waals surface area contributed by atoms with Crippen molar-refractivity contribution in [2.75, 3.05) is 5.32 Å². The van der Waals surface area contributed by atoms with Crippen LogP contribution in [0.1, 0.15) is 11.1 Å². The van der Waals surface area contributed by atoms with E-state index in [1.807, 2.05) is 18.2 Å². The molecule has 0 heterocycles. The maximum atomic E-state index is 11.9. The molecule has 0 aliphatic heterocycles. The Labute approximate surface area is 116 Å². The number of carbonyl (C=O) groups excluding carboxylic acids is 1. The van der Waals surface area contributed by atoms with Crippen LogP contribution in [0.2, 0.25) is 5.02 Å². The minimum atomic E-state index is -0.165. The van der Waals surface area contributed by atoms with Crippen LogP contribution in [0.25, 0.3) is 0 Å². The summed E-state index contributed by atoms with van der Waals surface area (Å²) in [6.07, 6.45) is 0.203. The number of hydrogen-bond donors (Lipinski definition) is 2. The Bertz CT molecular complexity index is 611. The standard InChI is InChI=1S/C15H14ClNO2/c1-10-13(7-4-8-14(10)18)17-15(19)9-11-5-2-3-6-12(11)16/h2-8,18H,9H2,1H3,(H,17,19). The first-order valence-electron chi connectivity index (χ1n) is 5.90. The van der Waals surface area contributed by atoms with Crippen molar-refractivity contribution in [3.8, 4) is 5.75 Å². The fourth-order valence-corrected chi connectivity index (χ4v) is 1.97. The van der Waals surface area contributed by atoms with Crippen LogP contribution in [0.15, 0.2) is 42.5 Å². The summed E-state index contributed by atoms with van der Waals surface area (Å²) in [6, 6.07) is 12.3. The Kier molecular flexibility index (Phi) is 4.07. The Hall–Kier alpha value is -2.00. The number of anilines is 1. The molecule has 0 aliphatic carbocycles. The van der Waals surface area contributed by atoms with Gasteiger partial charge in [-0.1, -0.05) is 35.9 Å². The van der Waals surface area contributed by atoms with E-state index in [0.717, 1.165) is 5.56 Å². The fourth-order valence-electron chi connectivity index (χ4n) is 1.77. The maximum absolute atomic E-state index is 11.9. The molecule has 0 aromatic heterocycles. The molecule has 0 unspecified atom stereocenters. The zero-order valence-corrected chi connectivity index (χ0v) is 11.2. The molecule has 3 nitrogen and oxygen atoms in total. The summed E-state index contributed by atoms with van der Waals surface area (Å²) in [5.74, 6) is -0.00246. The molecule has 0 bridgehead atoms. The van der Waals surface area contributed by atoms with Crippen LogP contribution < -0.4 is 5.32 Å². The highest BCUT2D eigenvalue weighted by Gasteiger charge is 2.09. The predicted molar refractivity (Wildman–Crippen MR) is 76.6 cm³/mol. The molecule has 2 rings (SSSR count). The lowest BCUT2D eigenvalue weighted by Gasteiger charge is -2.10. The molecule has 2 N–H and O–H groups in total. The molecule has 0 aliphatic rings. The van der Waals surface area contributed by atoms with Gasteiger partial charge in [-0.25, -0.2) is 0 Å². The van der Waals surface area contributed by atoms with Crippen LogP contribution in [0.3, 0.4) is 0 Å². The Morgan fingerprint density at radius 2 is 1.95 bits per heavy atom. The van der Waals surface area contributed by atoms with Gasteiger partial charge in [0.1, 0.15) is 5.75 Å². The van der Waals surface area contributed by atoms with Gasteiger partial charge in [0.2, 0.25) is 5.91 Å².